The minimum absolute atomic E-state index is 0.161. The molecule has 3 aromatic rings. The fourth-order valence-corrected chi connectivity index (χ4v) is 6.74. The molecule has 6 rings (SSSR count). The molecule has 0 bridgehead atoms. The van der Waals surface area contributed by atoms with Crippen molar-refractivity contribution in [2.75, 3.05) is 51.3 Å². The minimum Gasteiger partial charge on any atom is -0.462 e. The van der Waals surface area contributed by atoms with Gasteiger partial charge in [0.05, 0.1) is 5.52 Å². The first-order chi connectivity index (χ1) is 20.5. The maximum atomic E-state index is 16.0. The van der Waals surface area contributed by atoms with E-state index in [0.29, 0.717) is 54.6 Å². The number of rotatable bonds is 7. The van der Waals surface area contributed by atoms with Gasteiger partial charge in [0, 0.05) is 36.6 Å². The van der Waals surface area contributed by atoms with Crippen molar-refractivity contribution in [2.45, 2.75) is 50.6 Å². The smallest absolute Gasteiger partial charge is 0.319 e. The van der Waals surface area contributed by atoms with Gasteiger partial charge in [-0.3, -0.25) is 4.79 Å². The minimum atomic E-state index is -0.330. The summed E-state index contributed by atoms with van der Waals surface area (Å²) in [6.45, 7) is 14.1. The molecule has 1 aromatic heterocycles. The van der Waals surface area contributed by atoms with Crippen LogP contribution in [0.4, 0.5) is 10.2 Å². The Balaban J connectivity index is 1.42. The standard InChI is InChI=1S/C33H37FN6O2/c1-4-31(41)40-16-15-39(20-24(40)19-35-2)32-28-17-29(34)27(26-13-7-10-22-9-5-6-12-25(22)26)18-30(28)36-33(37-32)42-21-23-11-8-14-38(23)3/h4,7,10,13,17-18,23-24H,1,5-6,8-9,11-12,14-16,19-21H2,3H3/t23-,24-/m0/s1. The summed E-state index contributed by atoms with van der Waals surface area (Å²) in [5, 5.41) is 0.594. The number of likely N-dealkylation sites (N-methyl/N-ethyl adjacent to an activating group) is 1. The average Bonchev–Trinajstić information content (AvgIpc) is 3.43. The van der Waals surface area contributed by atoms with Crippen LogP contribution in [0.5, 0.6) is 6.01 Å². The third-order valence-corrected chi connectivity index (χ3v) is 9.05. The lowest BCUT2D eigenvalue weighted by atomic mass is 9.85. The Morgan fingerprint density at radius 3 is 2.79 bits per heavy atom. The number of aryl methyl sites for hydroxylation is 1. The van der Waals surface area contributed by atoms with E-state index in [1.165, 1.54) is 17.2 Å². The molecule has 0 radical (unpaired) electrons. The van der Waals surface area contributed by atoms with Crippen LogP contribution in [0.25, 0.3) is 26.9 Å². The van der Waals surface area contributed by atoms with Crippen LogP contribution in [0.3, 0.4) is 0 Å². The number of hydrogen-bond donors (Lipinski definition) is 0. The molecule has 9 heteroatoms. The highest BCUT2D eigenvalue weighted by molar-refractivity contribution is 5.94. The molecule has 2 aliphatic heterocycles. The number of ether oxygens (including phenoxy) is 1. The molecule has 3 heterocycles. The molecule has 42 heavy (non-hydrogen) atoms. The predicted molar refractivity (Wildman–Crippen MR) is 162 cm³/mol. The molecule has 2 saturated heterocycles. The number of piperazine rings is 1. The van der Waals surface area contributed by atoms with Crippen molar-refractivity contribution in [3.63, 3.8) is 0 Å². The van der Waals surface area contributed by atoms with Crippen LogP contribution in [0.15, 0.2) is 43.0 Å². The third kappa shape index (κ3) is 5.43. The highest BCUT2D eigenvalue weighted by Gasteiger charge is 2.33. The second-order valence-electron chi connectivity index (χ2n) is 11.6. The fraction of sp³-hybridized carbons (Fsp3) is 0.455. The topological polar surface area (TPSA) is 66.2 Å². The summed E-state index contributed by atoms with van der Waals surface area (Å²) in [6.07, 6.45) is 7.70. The first kappa shape index (κ1) is 28.1. The van der Waals surface area contributed by atoms with Crippen molar-refractivity contribution in [3.05, 3.63) is 71.3 Å². The highest BCUT2D eigenvalue weighted by atomic mass is 19.1. The number of aromatic nitrogens is 2. The summed E-state index contributed by atoms with van der Waals surface area (Å²) in [6, 6.07) is 9.78. The summed E-state index contributed by atoms with van der Waals surface area (Å²) in [7, 11) is 2.10. The maximum Gasteiger partial charge on any atom is 0.319 e. The second-order valence-corrected chi connectivity index (χ2v) is 11.6. The molecule has 0 N–H and O–H groups in total. The van der Waals surface area contributed by atoms with Gasteiger partial charge in [0.2, 0.25) is 12.5 Å². The molecule has 0 saturated carbocycles. The Morgan fingerprint density at radius 1 is 1.14 bits per heavy atom. The number of benzene rings is 2. The van der Waals surface area contributed by atoms with Crippen LogP contribution in [0, 0.1) is 12.4 Å². The van der Waals surface area contributed by atoms with E-state index in [9.17, 15) is 4.79 Å². The Labute approximate surface area is 246 Å². The van der Waals surface area contributed by atoms with Gasteiger partial charge >= 0.3 is 6.01 Å². The molecule has 1 amide bonds. The lowest BCUT2D eigenvalue weighted by Crippen LogP contribution is -2.56. The maximum absolute atomic E-state index is 16.0. The quantitative estimate of drug-likeness (QED) is 0.298. The molecular formula is C33H37FN6O2. The monoisotopic (exact) mass is 568 g/mol. The van der Waals surface area contributed by atoms with Crippen molar-refractivity contribution in [3.8, 4) is 17.1 Å². The van der Waals surface area contributed by atoms with Crippen molar-refractivity contribution in [2.24, 2.45) is 0 Å². The zero-order valence-corrected chi connectivity index (χ0v) is 24.2. The van der Waals surface area contributed by atoms with Gasteiger partial charge in [0.15, 0.2) is 0 Å². The summed E-state index contributed by atoms with van der Waals surface area (Å²) in [5.74, 6) is 0.0594. The second kappa shape index (κ2) is 12.1. The molecule has 8 nitrogen and oxygen atoms in total. The van der Waals surface area contributed by atoms with Gasteiger partial charge in [-0.15, -0.1) is 0 Å². The first-order valence-corrected chi connectivity index (χ1v) is 14.9. The number of fused-ring (bicyclic) bond motifs is 2. The largest absolute Gasteiger partial charge is 0.462 e. The van der Waals surface area contributed by atoms with Crippen LogP contribution in [-0.4, -0.2) is 84.1 Å². The Morgan fingerprint density at radius 2 is 2.00 bits per heavy atom. The van der Waals surface area contributed by atoms with E-state index >= 15 is 4.39 Å². The zero-order chi connectivity index (χ0) is 29.2. The third-order valence-electron chi connectivity index (χ3n) is 9.05. The van der Waals surface area contributed by atoms with Crippen molar-refractivity contribution in [1.82, 2.24) is 19.8 Å². The van der Waals surface area contributed by atoms with Gasteiger partial charge in [0.25, 0.3) is 0 Å². The van der Waals surface area contributed by atoms with Crippen molar-refractivity contribution in [1.29, 1.82) is 0 Å². The van der Waals surface area contributed by atoms with Crippen molar-refractivity contribution >= 4 is 22.6 Å². The van der Waals surface area contributed by atoms with Crippen LogP contribution in [0.1, 0.15) is 36.8 Å². The van der Waals surface area contributed by atoms with E-state index in [4.69, 9.17) is 21.3 Å². The lowest BCUT2D eigenvalue weighted by molar-refractivity contribution is -0.128. The Bertz CT molecular complexity index is 1550. The number of amides is 1. The summed E-state index contributed by atoms with van der Waals surface area (Å²) < 4.78 is 22.2. The molecule has 2 aromatic carbocycles. The molecule has 0 unspecified atom stereocenters. The number of nitrogens with zero attached hydrogens (tertiary/aromatic N) is 6. The van der Waals surface area contributed by atoms with E-state index < -0.39 is 0 Å². The number of carbonyl (C=O) groups excluding carboxylic acids is 1. The highest BCUT2D eigenvalue weighted by Crippen LogP contribution is 2.37. The number of anilines is 1. The van der Waals surface area contributed by atoms with Crippen LogP contribution in [-0.2, 0) is 17.6 Å². The van der Waals surface area contributed by atoms with E-state index in [0.717, 1.165) is 50.6 Å². The average molecular weight is 569 g/mol. The van der Waals surface area contributed by atoms with Crippen LogP contribution >= 0.6 is 0 Å². The van der Waals surface area contributed by atoms with Gasteiger partial charge in [-0.1, -0.05) is 24.8 Å². The van der Waals surface area contributed by atoms with E-state index in [1.54, 1.807) is 11.0 Å². The van der Waals surface area contributed by atoms with Crippen LogP contribution < -0.4 is 9.64 Å². The SMILES string of the molecule is [C-]#[N+]C[C@H]1CN(c2nc(OC[C@@H]3CCCN3C)nc3cc(-c4cccc5c4CCCC5)c(F)cc23)CCN1C(=O)C=C. The Kier molecular flexibility index (Phi) is 8.07. The summed E-state index contributed by atoms with van der Waals surface area (Å²) in [5.41, 5.74) is 4.60. The number of carbonyl (C=O) groups is 1. The van der Waals surface area contributed by atoms with Gasteiger partial charge < -0.3 is 24.3 Å². The van der Waals surface area contributed by atoms with Gasteiger partial charge in [-0.05, 0) is 87.0 Å². The lowest BCUT2D eigenvalue weighted by Gasteiger charge is -2.39. The number of likely N-dealkylation sites (tertiary alicyclic amines) is 1. The molecule has 2 fully saturated rings. The van der Waals surface area contributed by atoms with E-state index in [1.807, 2.05) is 23.1 Å². The molecule has 1 aliphatic carbocycles. The predicted octanol–water partition coefficient (Wildman–Crippen LogP) is 4.91. The first-order valence-electron chi connectivity index (χ1n) is 14.9. The number of halogens is 1. The molecule has 2 atom stereocenters. The van der Waals surface area contributed by atoms with E-state index in [-0.39, 0.29) is 30.3 Å². The summed E-state index contributed by atoms with van der Waals surface area (Å²) >= 11 is 0. The molecule has 3 aliphatic rings. The van der Waals surface area contributed by atoms with Gasteiger partial charge in [-0.25, -0.2) is 11.0 Å². The normalized spacial score (nSPS) is 20.8. The molecule has 218 valence electrons. The molecular weight excluding hydrogens is 531 g/mol. The van der Waals surface area contributed by atoms with Gasteiger partial charge in [0.1, 0.15) is 24.3 Å². The summed E-state index contributed by atoms with van der Waals surface area (Å²) in [4.78, 5) is 31.7. The fourth-order valence-electron chi connectivity index (χ4n) is 6.74. The van der Waals surface area contributed by atoms with Crippen molar-refractivity contribution < 1.29 is 13.9 Å². The Hall–Kier alpha value is -4.03. The van der Waals surface area contributed by atoms with Gasteiger partial charge in [-0.2, -0.15) is 9.97 Å². The zero-order valence-electron chi connectivity index (χ0n) is 24.2. The number of hydrogen-bond acceptors (Lipinski definition) is 6. The molecule has 0 spiro atoms. The van der Waals surface area contributed by atoms with E-state index in [2.05, 4.69) is 29.4 Å². The van der Waals surface area contributed by atoms with Crippen LogP contribution in [0.2, 0.25) is 0 Å².